The van der Waals surface area contributed by atoms with E-state index in [1.807, 2.05) is 31.4 Å². The molecule has 0 saturated carbocycles. The highest BCUT2D eigenvalue weighted by atomic mass is 35.5. The molecule has 0 aliphatic rings. The Balaban J connectivity index is 1.63. The molecule has 1 atom stereocenters. The zero-order valence-electron chi connectivity index (χ0n) is 18.2. The van der Waals surface area contributed by atoms with Gasteiger partial charge in [-0.05, 0) is 56.7 Å². The lowest BCUT2D eigenvalue weighted by Gasteiger charge is -2.15. The van der Waals surface area contributed by atoms with Crippen LogP contribution in [0.15, 0.2) is 41.6 Å². The Morgan fingerprint density at radius 1 is 1.06 bits per heavy atom. The number of nitrogens with one attached hydrogen (secondary N) is 2. The normalized spacial score (nSPS) is 11.8. The third-order valence-electron chi connectivity index (χ3n) is 4.77. The van der Waals surface area contributed by atoms with E-state index < -0.39 is 6.04 Å². The summed E-state index contributed by atoms with van der Waals surface area (Å²) >= 11 is 19.3. The molecular formula is C22H22Cl3N5O2S. The molecule has 2 amide bonds. The standard InChI is InChI=1S/C22H22Cl3N5O2S/c1-4-30-20(13(3)26-21(32)14-6-8-16(23)18(25)9-14)28-29-22(30)33-11-19(31)27-15-7-5-12(2)17(24)10-15/h5-10,13H,4,11H2,1-3H3,(H,26,32)(H,27,31)/t13-/m1/s1. The van der Waals surface area contributed by atoms with Crippen molar-refractivity contribution in [1.29, 1.82) is 0 Å². The number of carbonyl (C=O) groups excluding carboxylic acids is 2. The van der Waals surface area contributed by atoms with Gasteiger partial charge < -0.3 is 15.2 Å². The molecular weight excluding hydrogens is 505 g/mol. The van der Waals surface area contributed by atoms with Gasteiger partial charge in [0.05, 0.1) is 21.8 Å². The van der Waals surface area contributed by atoms with Crippen LogP contribution in [0.5, 0.6) is 0 Å². The molecule has 0 fully saturated rings. The number of halogens is 3. The molecule has 174 valence electrons. The van der Waals surface area contributed by atoms with Gasteiger partial charge in [-0.25, -0.2) is 0 Å². The van der Waals surface area contributed by atoms with Gasteiger partial charge in [0.2, 0.25) is 5.91 Å². The highest BCUT2D eigenvalue weighted by Gasteiger charge is 2.20. The number of amides is 2. The smallest absolute Gasteiger partial charge is 0.251 e. The summed E-state index contributed by atoms with van der Waals surface area (Å²) < 4.78 is 1.86. The second kappa shape index (κ2) is 11.2. The summed E-state index contributed by atoms with van der Waals surface area (Å²) in [5, 5.41) is 16.0. The molecule has 3 aromatic rings. The number of aryl methyl sites for hydroxylation is 1. The maximum atomic E-state index is 12.6. The first-order valence-electron chi connectivity index (χ1n) is 10.1. The first-order chi connectivity index (χ1) is 15.7. The van der Waals surface area contributed by atoms with Crippen molar-refractivity contribution < 1.29 is 9.59 Å². The first kappa shape index (κ1) is 25.4. The Bertz CT molecular complexity index is 1180. The molecule has 3 rings (SSSR count). The van der Waals surface area contributed by atoms with E-state index in [1.165, 1.54) is 17.8 Å². The summed E-state index contributed by atoms with van der Waals surface area (Å²) in [7, 11) is 0. The number of nitrogens with zero attached hydrogens (tertiary/aromatic N) is 3. The number of hydrogen-bond donors (Lipinski definition) is 2. The van der Waals surface area contributed by atoms with Crippen LogP contribution >= 0.6 is 46.6 Å². The van der Waals surface area contributed by atoms with Crippen molar-refractivity contribution in [3.8, 4) is 0 Å². The molecule has 0 aliphatic heterocycles. The summed E-state index contributed by atoms with van der Waals surface area (Å²) in [5.74, 6) is 0.234. The van der Waals surface area contributed by atoms with E-state index in [0.717, 1.165) is 5.56 Å². The average Bonchev–Trinajstić information content (AvgIpc) is 3.19. The van der Waals surface area contributed by atoms with Crippen LogP contribution in [0.3, 0.4) is 0 Å². The molecule has 2 N–H and O–H groups in total. The van der Waals surface area contributed by atoms with Gasteiger partial charge in [0, 0.05) is 22.8 Å². The predicted octanol–water partition coefficient (Wildman–Crippen LogP) is 5.79. The molecule has 7 nitrogen and oxygen atoms in total. The van der Waals surface area contributed by atoms with Crippen LogP contribution in [-0.4, -0.2) is 32.3 Å². The van der Waals surface area contributed by atoms with Crippen LogP contribution in [0.1, 0.15) is 41.6 Å². The lowest BCUT2D eigenvalue weighted by atomic mass is 10.2. The highest BCUT2D eigenvalue weighted by Crippen LogP contribution is 2.25. The molecule has 11 heteroatoms. The number of benzene rings is 2. The molecule has 0 unspecified atom stereocenters. The van der Waals surface area contributed by atoms with E-state index in [0.29, 0.717) is 43.8 Å². The van der Waals surface area contributed by atoms with Crippen molar-refractivity contribution in [2.24, 2.45) is 0 Å². The van der Waals surface area contributed by atoms with Crippen LogP contribution in [0, 0.1) is 6.92 Å². The maximum Gasteiger partial charge on any atom is 0.251 e. The largest absolute Gasteiger partial charge is 0.342 e. The Hall–Kier alpha value is -2.26. The fraction of sp³-hybridized carbons (Fsp3) is 0.273. The SMILES string of the molecule is CCn1c(SCC(=O)Nc2ccc(C)c(Cl)c2)nnc1[C@@H](C)NC(=O)c1ccc(Cl)c(Cl)c1. The van der Waals surface area contributed by atoms with Crippen molar-refractivity contribution in [3.05, 3.63) is 68.4 Å². The monoisotopic (exact) mass is 525 g/mol. The van der Waals surface area contributed by atoms with Crippen molar-refractivity contribution in [3.63, 3.8) is 0 Å². The topological polar surface area (TPSA) is 88.9 Å². The molecule has 0 radical (unpaired) electrons. The van der Waals surface area contributed by atoms with Gasteiger partial charge in [0.15, 0.2) is 11.0 Å². The van der Waals surface area contributed by atoms with Crippen LogP contribution in [0.25, 0.3) is 0 Å². The lowest BCUT2D eigenvalue weighted by molar-refractivity contribution is -0.113. The van der Waals surface area contributed by atoms with Gasteiger partial charge in [-0.15, -0.1) is 10.2 Å². The zero-order valence-corrected chi connectivity index (χ0v) is 21.2. The fourth-order valence-electron chi connectivity index (χ4n) is 3.00. The summed E-state index contributed by atoms with van der Waals surface area (Å²) in [6.07, 6.45) is 0. The third-order valence-corrected chi connectivity index (χ3v) is 6.88. The summed E-state index contributed by atoms with van der Waals surface area (Å²) in [6, 6.07) is 9.62. The van der Waals surface area contributed by atoms with E-state index in [1.54, 1.807) is 24.3 Å². The minimum Gasteiger partial charge on any atom is -0.342 e. The zero-order chi connectivity index (χ0) is 24.1. The second-order valence-electron chi connectivity index (χ2n) is 7.21. The number of anilines is 1. The lowest BCUT2D eigenvalue weighted by Crippen LogP contribution is -2.28. The van der Waals surface area contributed by atoms with Gasteiger partial charge >= 0.3 is 0 Å². The van der Waals surface area contributed by atoms with Gasteiger partial charge in [0.25, 0.3) is 5.91 Å². The van der Waals surface area contributed by atoms with Gasteiger partial charge in [-0.3, -0.25) is 9.59 Å². The first-order valence-corrected chi connectivity index (χ1v) is 12.2. The van der Waals surface area contributed by atoms with E-state index >= 15 is 0 Å². The van der Waals surface area contributed by atoms with Crippen LogP contribution < -0.4 is 10.6 Å². The molecule has 1 heterocycles. The number of aromatic nitrogens is 3. The summed E-state index contributed by atoms with van der Waals surface area (Å²) in [4.78, 5) is 25.0. The van der Waals surface area contributed by atoms with E-state index in [-0.39, 0.29) is 17.6 Å². The van der Waals surface area contributed by atoms with Gasteiger partial charge in [0.1, 0.15) is 0 Å². The fourth-order valence-corrected chi connectivity index (χ4v) is 4.29. The van der Waals surface area contributed by atoms with Crippen molar-refractivity contribution in [2.45, 2.75) is 38.5 Å². The summed E-state index contributed by atoms with van der Waals surface area (Å²) in [5.41, 5.74) is 1.96. The van der Waals surface area contributed by atoms with Crippen molar-refractivity contribution >= 4 is 64.1 Å². The number of hydrogen-bond acceptors (Lipinski definition) is 5. The molecule has 1 aromatic heterocycles. The highest BCUT2D eigenvalue weighted by molar-refractivity contribution is 7.99. The predicted molar refractivity (Wildman–Crippen MR) is 134 cm³/mol. The van der Waals surface area contributed by atoms with Crippen LogP contribution in [0.2, 0.25) is 15.1 Å². The second-order valence-corrected chi connectivity index (χ2v) is 9.37. The molecule has 33 heavy (non-hydrogen) atoms. The van der Waals surface area contributed by atoms with Gasteiger partial charge in [-0.2, -0.15) is 0 Å². The maximum absolute atomic E-state index is 12.6. The number of rotatable bonds is 8. The van der Waals surface area contributed by atoms with E-state index in [4.69, 9.17) is 34.8 Å². The quantitative estimate of drug-likeness (QED) is 0.363. The molecule has 0 spiro atoms. The number of carbonyl (C=O) groups is 2. The Morgan fingerprint density at radius 3 is 2.48 bits per heavy atom. The van der Waals surface area contributed by atoms with E-state index in [2.05, 4.69) is 20.8 Å². The average molecular weight is 527 g/mol. The summed E-state index contributed by atoms with van der Waals surface area (Å²) in [6.45, 7) is 6.23. The molecule has 2 aromatic carbocycles. The van der Waals surface area contributed by atoms with E-state index in [9.17, 15) is 9.59 Å². The number of thioether (sulfide) groups is 1. The van der Waals surface area contributed by atoms with Crippen LogP contribution in [-0.2, 0) is 11.3 Å². The van der Waals surface area contributed by atoms with Crippen molar-refractivity contribution in [2.75, 3.05) is 11.1 Å². The van der Waals surface area contributed by atoms with Gasteiger partial charge in [-0.1, -0.05) is 52.6 Å². The molecule has 0 aliphatic carbocycles. The molecule has 0 bridgehead atoms. The Labute approximate surface area is 211 Å². The minimum absolute atomic E-state index is 0.146. The molecule has 0 saturated heterocycles. The van der Waals surface area contributed by atoms with Crippen LogP contribution in [0.4, 0.5) is 5.69 Å². The third kappa shape index (κ3) is 6.41. The minimum atomic E-state index is -0.419. The Kier molecular flexibility index (Phi) is 8.64. The Morgan fingerprint density at radius 2 is 1.82 bits per heavy atom. The van der Waals surface area contributed by atoms with Crippen molar-refractivity contribution in [1.82, 2.24) is 20.1 Å².